The van der Waals surface area contributed by atoms with Crippen LogP contribution in [0.1, 0.15) is 26.2 Å². The minimum Gasteiger partial charge on any atom is -0.351 e. The standard InChI is InChI=1S/C13H19Br2N3/c1-2-16-9-11-5-3-4-6-18(11)13-12(15)7-10(14)8-17-13/h7-8,11,16H,2-6,9H2,1H3. The van der Waals surface area contributed by atoms with E-state index in [4.69, 9.17) is 0 Å². The van der Waals surface area contributed by atoms with E-state index in [1.807, 2.05) is 6.20 Å². The van der Waals surface area contributed by atoms with E-state index in [1.165, 1.54) is 19.3 Å². The maximum Gasteiger partial charge on any atom is 0.143 e. The topological polar surface area (TPSA) is 28.2 Å². The van der Waals surface area contributed by atoms with Crippen molar-refractivity contribution in [2.45, 2.75) is 32.2 Å². The summed E-state index contributed by atoms with van der Waals surface area (Å²) in [7, 11) is 0. The van der Waals surface area contributed by atoms with E-state index in [0.29, 0.717) is 6.04 Å². The van der Waals surface area contributed by atoms with Crippen molar-refractivity contribution in [1.29, 1.82) is 0 Å². The van der Waals surface area contributed by atoms with Crippen molar-refractivity contribution >= 4 is 37.7 Å². The summed E-state index contributed by atoms with van der Waals surface area (Å²) in [6.45, 7) is 5.32. The Morgan fingerprint density at radius 3 is 3.00 bits per heavy atom. The van der Waals surface area contributed by atoms with Gasteiger partial charge in [-0.15, -0.1) is 0 Å². The Hall–Kier alpha value is -0.130. The average molecular weight is 377 g/mol. The molecule has 18 heavy (non-hydrogen) atoms. The number of anilines is 1. The lowest BCUT2D eigenvalue weighted by molar-refractivity contribution is 0.436. The molecule has 2 heterocycles. The third-order valence-corrected chi connectivity index (χ3v) is 4.33. The predicted octanol–water partition coefficient (Wildman–Crippen LogP) is 3.58. The molecule has 1 aliphatic heterocycles. The third-order valence-electron chi connectivity index (χ3n) is 3.32. The number of nitrogens with one attached hydrogen (secondary N) is 1. The molecule has 5 heteroatoms. The molecule has 3 nitrogen and oxygen atoms in total. The molecule has 0 aromatic carbocycles. The number of piperidine rings is 1. The van der Waals surface area contributed by atoms with Crippen LogP contribution in [0.3, 0.4) is 0 Å². The molecule has 0 aliphatic carbocycles. The van der Waals surface area contributed by atoms with Crippen molar-refractivity contribution in [3.05, 3.63) is 21.2 Å². The Bertz CT molecular complexity index is 398. The second-order valence-corrected chi connectivity index (χ2v) is 6.38. The first-order valence-electron chi connectivity index (χ1n) is 6.50. The summed E-state index contributed by atoms with van der Waals surface area (Å²) in [6.07, 6.45) is 5.70. The molecule has 0 saturated carbocycles. The van der Waals surface area contributed by atoms with E-state index >= 15 is 0 Å². The fraction of sp³-hybridized carbons (Fsp3) is 0.615. The largest absolute Gasteiger partial charge is 0.351 e. The zero-order chi connectivity index (χ0) is 13.0. The van der Waals surface area contributed by atoms with Gasteiger partial charge < -0.3 is 10.2 Å². The lowest BCUT2D eigenvalue weighted by atomic mass is 10.0. The summed E-state index contributed by atoms with van der Waals surface area (Å²) >= 11 is 7.08. The van der Waals surface area contributed by atoms with Crippen LogP contribution in [0.15, 0.2) is 21.2 Å². The van der Waals surface area contributed by atoms with Crippen LogP contribution in [0.2, 0.25) is 0 Å². The van der Waals surface area contributed by atoms with Crippen molar-refractivity contribution in [1.82, 2.24) is 10.3 Å². The van der Waals surface area contributed by atoms with Crippen LogP contribution < -0.4 is 10.2 Å². The molecule has 0 spiro atoms. The maximum atomic E-state index is 4.56. The van der Waals surface area contributed by atoms with Crippen LogP contribution in [0.25, 0.3) is 0 Å². The van der Waals surface area contributed by atoms with Crippen LogP contribution in [-0.4, -0.2) is 30.7 Å². The molecular formula is C13H19Br2N3. The number of rotatable bonds is 4. The van der Waals surface area contributed by atoms with Crippen molar-refractivity contribution in [3.63, 3.8) is 0 Å². The molecular weight excluding hydrogens is 358 g/mol. The van der Waals surface area contributed by atoms with Gasteiger partial charge in [0.15, 0.2) is 0 Å². The van der Waals surface area contributed by atoms with Crippen LogP contribution in [0, 0.1) is 0 Å². The zero-order valence-electron chi connectivity index (χ0n) is 10.6. The monoisotopic (exact) mass is 375 g/mol. The highest BCUT2D eigenvalue weighted by Gasteiger charge is 2.24. The second-order valence-electron chi connectivity index (χ2n) is 4.61. The molecule has 1 aliphatic rings. The maximum absolute atomic E-state index is 4.56. The van der Waals surface area contributed by atoms with Gasteiger partial charge in [0.25, 0.3) is 0 Å². The van der Waals surface area contributed by atoms with Gasteiger partial charge >= 0.3 is 0 Å². The first kappa shape index (κ1) is 14.3. The minimum atomic E-state index is 0.559. The lowest BCUT2D eigenvalue weighted by Gasteiger charge is -2.37. The minimum absolute atomic E-state index is 0.559. The summed E-state index contributed by atoms with van der Waals surface area (Å²) in [5.41, 5.74) is 0. The van der Waals surface area contributed by atoms with Crippen LogP contribution in [0.4, 0.5) is 5.82 Å². The SMILES string of the molecule is CCNCC1CCCCN1c1ncc(Br)cc1Br. The molecule has 100 valence electrons. The summed E-state index contributed by atoms with van der Waals surface area (Å²) in [5.74, 6) is 1.07. The van der Waals surface area contributed by atoms with Gasteiger partial charge in [-0.25, -0.2) is 4.98 Å². The third kappa shape index (κ3) is 3.45. The Kier molecular flexibility index (Phi) is 5.45. The highest BCUT2D eigenvalue weighted by molar-refractivity contribution is 9.11. The molecule has 0 amide bonds. The van der Waals surface area contributed by atoms with Crippen LogP contribution in [-0.2, 0) is 0 Å². The Morgan fingerprint density at radius 2 is 2.28 bits per heavy atom. The van der Waals surface area contributed by atoms with E-state index in [1.54, 1.807) is 0 Å². The van der Waals surface area contributed by atoms with E-state index in [2.05, 4.69) is 60.1 Å². The first-order chi connectivity index (χ1) is 8.72. The molecule has 2 rings (SSSR count). The van der Waals surface area contributed by atoms with Crippen molar-refractivity contribution in [3.8, 4) is 0 Å². The number of hydrogen-bond acceptors (Lipinski definition) is 3. The normalized spacial score (nSPS) is 20.2. The quantitative estimate of drug-likeness (QED) is 0.870. The van der Waals surface area contributed by atoms with Gasteiger partial charge in [0.2, 0.25) is 0 Å². The number of aromatic nitrogens is 1. The molecule has 1 N–H and O–H groups in total. The van der Waals surface area contributed by atoms with Crippen LogP contribution >= 0.6 is 31.9 Å². The molecule has 1 saturated heterocycles. The van der Waals surface area contributed by atoms with Crippen molar-refractivity contribution < 1.29 is 0 Å². The Morgan fingerprint density at radius 1 is 1.44 bits per heavy atom. The molecule has 0 bridgehead atoms. The fourth-order valence-electron chi connectivity index (χ4n) is 2.42. The number of hydrogen-bond donors (Lipinski definition) is 1. The summed E-state index contributed by atoms with van der Waals surface area (Å²) in [4.78, 5) is 7.00. The Balaban J connectivity index is 2.16. The molecule has 1 aromatic rings. The van der Waals surface area contributed by atoms with E-state index in [-0.39, 0.29) is 0 Å². The fourth-order valence-corrected chi connectivity index (χ4v) is 3.64. The number of pyridine rings is 1. The predicted molar refractivity (Wildman–Crippen MR) is 83.2 cm³/mol. The lowest BCUT2D eigenvalue weighted by Crippen LogP contribution is -2.46. The van der Waals surface area contributed by atoms with Gasteiger partial charge in [-0.2, -0.15) is 0 Å². The smallest absolute Gasteiger partial charge is 0.143 e. The first-order valence-corrected chi connectivity index (χ1v) is 8.09. The van der Waals surface area contributed by atoms with Gasteiger partial charge in [0.05, 0.1) is 4.47 Å². The molecule has 1 aromatic heterocycles. The van der Waals surface area contributed by atoms with Gasteiger partial charge in [-0.05, 0) is 63.7 Å². The highest BCUT2D eigenvalue weighted by atomic mass is 79.9. The van der Waals surface area contributed by atoms with Gasteiger partial charge in [-0.3, -0.25) is 0 Å². The van der Waals surface area contributed by atoms with Gasteiger partial charge in [-0.1, -0.05) is 6.92 Å². The van der Waals surface area contributed by atoms with Gasteiger partial charge in [0.1, 0.15) is 5.82 Å². The zero-order valence-corrected chi connectivity index (χ0v) is 13.8. The highest BCUT2D eigenvalue weighted by Crippen LogP contribution is 2.31. The molecule has 1 unspecified atom stereocenters. The summed E-state index contributed by atoms with van der Waals surface area (Å²) in [6, 6.07) is 2.63. The number of nitrogens with zero attached hydrogens (tertiary/aromatic N) is 2. The second kappa shape index (κ2) is 6.87. The molecule has 1 fully saturated rings. The van der Waals surface area contributed by atoms with Crippen LogP contribution in [0.5, 0.6) is 0 Å². The summed E-state index contributed by atoms with van der Waals surface area (Å²) in [5, 5.41) is 3.45. The molecule has 0 radical (unpaired) electrons. The van der Waals surface area contributed by atoms with Crippen molar-refractivity contribution in [2.75, 3.05) is 24.5 Å². The van der Waals surface area contributed by atoms with Gasteiger partial charge in [0, 0.05) is 29.8 Å². The summed E-state index contributed by atoms with van der Waals surface area (Å²) < 4.78 is 2.08. The number of likely N-dealkylation sites (N-methyl/N-ethyl adjacent to an activating group) is 1. The van der Waals surface area contributed by atoms with Crippen molar-refractivity contribution in [2.24, 2.45) is 0 Å². The number of halogens is 2. The van der Waals surface area contributed by atoms with E-state index in [0.717, 1.165) is 34.4 Å². The van der Waals surface area contributed by atoms with E-state index < -0.39 is 0 Å². The molecule has 1 atom stereocenters. The Labute approximate surface area is 126 Å². The van der Waals surface area contributed by atoms with E-state index in [9.17, 15) is 0 Å². The average Bonchev–Trinajstić information content (AvgIpc) is 2.37.